The van der Waals surface area contributed by atoms with Gasteiger partial charge in [0.2, 0.25) is 0 Å². The summed E-state index contributed by atoms with van der Waals surface area (Å²) in [6.45, 7) is 1.50. The molecule has 2 aromatic rings. The minimum absolute atomic E-state index is 0.0427. The van der Waals surface area contributed by atoms with Crippen LogP contribution in [0.4, 0.5) is 5.69 Å². The molecule has 0 atom stereocenters. The Morgan fingerprint density at radius 3 is 2.86 bits per heavy atom. The minimum atomic E-state index is -0.733. The second-order valence-corrected chi connectivity index (χ2v) is 6.26. The van der Waals surface area contributed by atoms with Crippen LogP contribution in [0, 0.1) is 0 Å². The Morgan fingerprint density at radius 2 is 2.18 bits per heavy atom. The summed E-state index contributed by atoms with van der Waals surface area (Å²) in [6.07, 6.45) is 4.78. The van der Waals surface area contributed by atoms with E-state index in [0.29, 0.717) is 18.5 Å². The second-order valence-electron chi connectivity index (χ2n) is 5.35. The highest BCUT2D eigenvalue weighted by Gasteiger charge is 2.42. The van der Waals surface area contributed by atoms with Gasteiger partial charge in [-0.15, -0.1) is 0 Å². The van der Waals surface area contributed by atoms with Gasteiger partial charge in [-0.25, -0.2) is 0 Å². The van der Waals surface area contributed by atoms with E-state index in [1.54, 1.807) is 29.1 Å². The van der Waals surface area contributed by atoms with Crippen molar-refractivity contribution in [3.05, 3.63) is 41.1 Å². The number of piperidine rings is 1. The maximum Gasteiger partial charge on any atom is 0.252 e. The Kier molecular flexibility index (Phi) is 4.17. The average molecular weight is 365 g/mol. The fraction of sp³-hybridized carbons (Fsp3) is 0.333. The molecule has 0 spiro atoms. The molecule has 1 saturated heterocycles. The van der Waals surface area contributed by atoms with E-state index in [4.69, 9.17) is 0 Å². The summed E-state index contributed by atoms with van der Waals surface area (Å²) in [6, 6.07) is 6.76. The van der Waals surface area contributed by atoms with Crippen LogP contribution in [-0.2, 0) is 10.3 Å². The molecule has 2 heterocycles. The van der Waals surface area contributed by atoms with Crippen molar-refractivity contribution < 1.29 is 9.90 Å². The van der Waals surface area contributed by atoms with Gasteiger partial charge in [-0.05, 0) is 50.2 Å². The van der Waals surface area contributed by atoms with Crippen LogP contribution in [0.15, 0.2) is 41.1 Å². The number of carbonyl (C=O) groups is 1. The summed E-state index contributed by atoms with van der Waals surface area (Å²) in [7, 11) is 0. The number of carbonyl (C=O) groups excluding carboxylic acids is 1. The molecular weight excluding hydrogens is 348 g/mol. The van der Waals surface area contributed by atoms with Gasteiger partial charge < -0.3 is 15.7 Å². The van der Waals surface area contributed by atoms with Gasteiger partial charge >= 0.3 is 0 Å². The number of phenols is 1. The molecule has 7 heteroatoms. The number of nitrogens with zero attached hydrogens (tertiary/aromatic N) is 2. The van der Waals surface area contributed by atoms with Gasteiger partial charge in [-0.2, -0.15) is 5.10 Å². The third-order valence-corrected chi connectivity index (χ3v) is 4.50. The standard InChI is InChI=1S/C15H17BrN4O2/c16-11-2-3-13(21)12(10-11)19-14(22)15(4-7-17-8-5-15)20-9-1-6-18-20/h1-3,6,9-10,17,21H,4-5,7-8H2,(H,19,22). The highest BCUT2D eigenvalue weighted by atomic mass is 79.9. The molecule has 6 nitrogen and oxygen atoms in total. The molecule has 1 aliphatic heterocycles. The lowest BCUT2D eigenvalue weighted by Crippen LogP contribution is -2.52. The van der Waals surface area contributed by atoms with Crippen molar-refractivity contribution in [1.29, 1.82) is 0 Å². The molecule has 0 unspecified atom stereocenters. The number of halogens is 1. The molecular formula is C15H17BrN4O2. The van der Waals surface area contributed by atoms with Crippen LogP contribution < -0.4 is 10.6 Å². The number of benzene rings is 1. The van der Waals surface area contributed by atoms with E-state index >= 15 is 0 Å². The highest BCUT2D eigenvalue weighted by Crippen LogP contribution is 2.32. The summed E-state index contributed by atoms with van der Waals surface area (Å²) in [5.74, 6) is -0.118. The van der Waals surface area contributed by atoms with E-state index in [-0.39, 0.29) is 11.7 Å². The summed E-state index contributed by atoms with van der Waals surface area (Å²) in [4.78, 5) is 12.9. The lowest BCUT2D eigenvalue weighted by Gasteiger charge is -2.36. The molecule has 1 aromatic carbocycles. The first-order chi connectivity index (χ1) is 10.6. The molecule has 0 aliphatic carbocycles. The number of anilines is 1. The minimum Gasteiger partial charge on any atom is -0.506 e. The van der Waals surface area contributed by atoms with E-state index in [9.17, 15) is 9.90 Å². The number of phenolic OH excluding ortho intramolecular Hbond substituents is 1. The SMILES string of the molecule is O=C(Nc1cc(Br)ccc1O)C1(n2cccn2)CCNCC1. The largest absolute Gasteiger partial charge is 0.506 e. The van der Waals surface area contributed by atoms with Crippen LogP contribution >= 0.6 is 15.9 Å². The van der Waals surface area contributed by atoms with Crippen molar-refractivity contribution in [2.45, 2.75) is 18.4 Å². The third kappa shape index (κ3) is 2.74. The number of rotatable bonds is 3. The number of amides is 1. The number of nitrogens with one attached hydrogen (secondary N) is 2. The smallest absolute Gasteiger partial charge is 0.252 e. The van der Waals surface area contributed by atoms with E-state index < -0.39 is 5.54 Å². The lowest BCUT2D eigenvalue weighted by molar-refractivity contribution is -0.126. The van der Waals surface area contributed by atoms with Crippen molar-refractivity contribution in [3.63, 3.8) is 0 Å². The van der Waals surface area contributed by atoms with Crippen LogP contribution in [0.1, 0.15) is 12.8 Å². The third-order valence-electron chi connectivity index (χ3n) is 4.00. The summed E-state index contributed by atoms with van der Waals surface area (Å²) < 4.78 is 2.51. The van der Waals surface area contributed by atoms with Gasteiger partial charge in [0, 0.05) is 16.9 Å². The summed E-state index contributed by atoms with van der Waals surface area (Å²) in [5.41, 5.74) is -0.340. The van der Waals surface area contributed by atoms with Crippen molar-refractivity contribution >= 4 is 27.5 Å². The number of aromatic nitrogens is 2. The zero-order chi connectivity index (χ0) is 15.6. The molecule has 1 fully saturated rings. The highest BCUT2D eigenvalue weighted by molar-refractivity contribution is 9.10. The van der Waals surface area contributed by atoms with E-state index in [1.165, 1.54) is 0 Å². The van der Waals surface area contributed by atoms with Gasteiger partial charge in [0.25, 0.3) is 5.91 Å². The van der Waals surface area contributed by atoms with Crippen LogP contribution in [0.5, 0.6) is 5.75 Å². The molecule has 3 rings (SSSR count). The van der Waals surface area contributed by atoms with Gasteiger partial charge in [-0.1, -0.05) is 15.9 Å². The average Bonchev–Trinajstić information content (AvgIpc) is 3.06. The molecule has 116 valence electrons. The first-order valence-electron chi connectivity index (χ1n) is 7.13. The van der Waals surface area contributed by atoms with E-state index in [0.717, 1.165) is 17.6 Å². The Morgan fingerprint density at radius 1 is 1.41 bits per heavy atom. The van der Waals surface area contributed by atoms with Crippen molar-refractivity contribution in [3.8, 4) is 5.75 Å². The van der Waals surface area contributed by atoms with Gasteiger partial charge in [0.1, 0.15) is 11.3 Å². The molecule has 1 aromatic heterocycles. The van der Waals surface area contributed by atoms with Crippen molar-refractivity contribution in [2.75, 3.05) is 18.4 Å². The number of hydrogen-bond donors (Lipinski definition) is 3. The molecule has 0 radical (unpaired) electrons. The van der Waals surface area contributed by atoms with Gasteiger partial charge in [-0.3, -0.25) is 9.48 Å². The maximum atomic E-state index is 12.9. The second kappa shape index (κ2) is 6.10. The van der Waals surface area contributed by atoms with E-state index in [2.05, 4.69) is 31.7 Å². The monoisotopic (exact) mass is 364 g/mol. The number of aromatic hydroxyl groups is 1. The van der Waals surface area contributed by atoms with Crippen LogP contribution in [-0.4, -0.2) is 33.9 Å². The van der Waals surface area contributed by atoms with Crippen LogP contribution in [0.2, 0.25) is 0 Å². The Labute approximate surface area is 136 Å². The molecule has 3 N–H and O–H groups in total. The lowest BCUT2D eigenvalue weighted by atomic mass is 9.87. The first kappa shape index (κ1) is 15.1. The molecule has 0 bridgehead atoms. The Hall–Kier alpha value is -1.86. The van der Waals surface area contributed by atoms with Crippen LogP contribution in [0.3, 0.4) is 0 Å². The maximum absolute atomic E-state index is 12.9. The van der Waals surface area contributed by atoms with Crippen molar-refractivity contribution in [2.24, 2.45) is 0 Å². The molecule has 1 aliphatic rings. The zero-order valence-electron chi connectivity index (χ0n) is 11.9. The molecule has 0 saturated carbocycles. The molecule has 22 heavy (non-hydrogen) atoms. The van der Waals surface area contributed by atoms with Gasteiger partial charge in [0.15, 0.2) is 0 Å². The fourth-order valence-electron chi connectivity index (χ4n) is 2.77. The van der Waals surface area contributed by atoms with Crippen molar-refractivity contribution in [1.82, 2.24) is 15.1 Å². The quantitative estimate of drug-likeness (QED) is 0.728. The summed E-state index contributed by atoms with van der Waals surface area (Å²) in [5, 5.41) is 20.3. The normalized spacial score (nSPS) is 17.1. The van der Waals surface area contributed by atoms with Crippen LogP contribution in [0.25, 0.3) is 0 Å². The topological polar surface area (TPSA) is 79.2 Å². The molecule has 1 amide bonds. The fourth-order valence-corrected chi connectivity index (χ4v) is 3.13. The zero-order valence-corrected chi connectivity index (χ0v) is 13.5. The van der Waals surface area contributed by atoms with E-state index in [1.807, 2.05) is 12.3 Å². The predicted molar refractivity (Wildman–Crippen MR) is 86.7 cm³/mol. The van der Waals surface area contributed by atoms with Gasteiger partial charge in [0.05, 0.1) is 5.69 Å². The summed E-state index contributed by atoms with van der Waals surface area (Å²) >= 11 is 3.34. The first-order valence-corrected chi connectivity index (χ1v) is 7.92. The predicted octanol–water partition coefficient (Wildman–Crippen LogP) is 2.07. The Balaban J connectivity index is 1.91. The number of hydrogen-bond acceptors (Lipinski definition) is 4. The Bertz CT molecular complexity index is 666.